The van der Waals surface area contributed by atoms with Gasteiger partial charge in [0.25, 0.3) is 11.8 Å². The van der Waals surface area contributed by atoms with Crippen LogP contribution in [0.2, 0.25) is 0 Å². The molecule has 0 spiro atoms. The molecule has 2 N–H and O–H groups in total. The molecular weight excluding hydrogens is 368 g/mol. The maximum Gasteiger partial charge on any atom is 0.265 e. The zero-order valence-electron chi connectivity index (χ0n) is 16.2. The number of carbonyl (C=O) groups excluding carboxylic acids is 2. The summed E-state index contributed by atoms with van der Waals surface area (Å²) in [6.45, 7) is 1.68. The van der Waals surface area contributed by atoms with Crippen molar-refractivity contribution < 1.29 is 19.1 Å². The van der Waals surface area contributed by atoms with Crippen molar-refractivity contribution in [2.75, 3.05) is 17.7 Å². The van der Waals surface area contributed by atoms with Crippen LogP contribution >= 0.6 is 0 Å². The molecule has 3 rings (SSSR count). The number of para-hydroxylation sites is 3. The standard InChI is InChI=1S/C23H22N2O4/c1-16(29-19-8-4-3-5-9-19)22(26)24-18-14-12-17(13-15-18)23(27)25-20-10-6-7-11-21(20)28-2/h3-16H,1-2H3,(H,24,26)(H,25,27)/t16-/m1/s1. The smallest absolute Gasteiger partial charge is 0.265 e. The molecule has 0 aliphatic heterocycles. The molecule has 0 aliphatic rings. The maximum absolute atomic E-state index is 12.5. The number of anilines is 2. The molecule has 0 fully saturated rings. The third kappa shape index (κ3) is 5.35. The Labute approximate surface area is 169 Å². The predicted molar refractivity (Wildman–Crippen MR) is 113 cm³/mol. The number of methoxy groups -OCH3 is 1. The Hall–Kier alpha value is -3.80. The molecular formula is C23H22N2O4. The zero-order chi connectivity index (χ0) is 20.6. The number of amides is 2. The molecule has 0 radical (unpaired) electrons. The second-order valence-electron chi connectivity index (χ2n) is 6.29. The molecule has 1 atom stereocenters. The lowest BCUT2D eigenvalue weighted by molar-refractivity contribution is -0.122. The summed E-state index contributed by atoms with van der Waals surface area (Å²) in [5.74, 6) is 0.656. The van der Waals surface area contributed by atoms with Crippen molar-refractivity contribution in [2.45, 2.75) is 13.0 Å². The van der Waals surface area contributed by atoms with E-state index in [-0.39, 0.29) is 11.8 Å². The summed E-state index contributed by atoms with van der Waals surface area (Å²) >= 11 is 0. The van der Waals surface area contributed by atoms with Gasteiger partial charge in [-0.1, -0.05) is 30.3 Å². The van der Waals surface area contributed by atoms with Crippen LogP contribution in [0.25, 0.3) is 0 Å². The molecule has 0 heterocycles. The summed E-state index contributed by atoms with van der Waals surface area (Å²) in [7, 11) is 1.55. The van der Waals surface area contributed by atoms with Crippen molar-refractivity contribution in [1.29, 1.82) is 0 Å². The number of ether oxygens (including phenoxy) is 2. The third-order valence-electron chi connectivity index (χ3n) is 4.20. The van der Waals surface area contributed by atoms with Gasteiger partial charge in [0.2, 0.25) is 0 Å². The Morgan fingerprint density at radius 3 is 2.17 bits per heavy atom. The Kier molecular flexibility index (Phi) is 6.47. The number of rotatable bonds is 7. The zero-order valence-corrected chi connectivity index (χ0v) is 16.2. The fourth-order valence-corrected chi connectivity index (χ4v) is 2.65. The van der Waals surface area contributed by atoms with Crippen LogP contribution < -0.4 is 20.1 Å². The third-order valence-corrected chi connectivity index (χ3v) is 4.20. The lowest BCUT2D eigenvalue weighted by Gasteiger charge is -2.15. The van der Waals surface area contributed by atoms with Crippen molar-refractivity contribution >= 4 is 23.2 Å². The molecule has 0 bridgehead atoms. The van der Waals surface area contributed by atoms with Gasteiger partial charge in [-0.2, -0.15) is 0 Å². The summed E-state index contributed by atoms with van der Waals surface area (Å²) in [6.07, 6.45) is -0.661. The fourth-order valence-electron chi connectivity index (χ4n) is 2.65. The minimum Gasteiger partial charge on any atom is -0.495 e. The van der Waals surface area contributed by atoms with Crippen LogP contribution in [0, 0.1) is 0 Å². The van der Waals surface area contributed by atoms with Crippen LogP contribution in [0.1, 0.15) is 17.3 Å². The highest BCUT2D eigenvalue weighted by Gasteiger charge is 2.15. The highest BCUT2D eigenvalue weighted by Crippen LogP contribution is 2.24. The van der Waals surface area contributed by atoms with Gasteiger partial charge in [0, 0.05) is 11.3 Å². The first-order valence-electron chi connectivity index (χ1n) is 9.14. The normalized spacial score (nSPS) is 11.2. The van der Waals surface area contributed by atoms with E-state index in [1.165, 1.54) is 0 Å². The van der Waals surface area contributed by atoms with Gasteiger partial charge in [-0.25, -0.2) is 0 Å². The molecule has 0 unspecified atom stereocenters. The number of hydrogen-bond acceptors (Lipinski definition) is 4. The quantitative estimate of drug-likeness (QED) is 0.629. The summed E-state index contributed by atoms with van der Waals surface area (Å²) in [4.78, 5) is 24.8. The van der Waals surface area contributed by atoms with E-state index in [4.69, 9.17) is 9.47 Å². The number of benzene rings is 3. The van der Waals surface area contributed by atoms with Crippen LogP contribution in [-0.2, 0) is 4.79 Å². The Morgan fingerprint density at radius 1 is 0.828 bits per heavy atom. The molecule has 3 aromatic rings. The van der Waals surface area contributed by atoms with E-state index in [0.717, 1.165) is 0 Å². The first-order chi connectivity index (χ1) is 14.1. The molecule has 0 saturated carbocycles. The van der Waals surface area contributed by atoms with Crippen molar-refractivity contribution in [2.24, 2.45) is 0 Å². The Bertz CT molecular complexity index is 972. The second-order valence-corrected chi connectivity index (χ2v) is 6.29. The average Bonchev–Trinajstić information content (AvgIpc) is 2.75. The number of carbonyl (C=O) groups is 2. The van der Waals surface area contributed by atoms with Crippen LogP contribution in [0.15, 0.2) is 78.9 Å². The van der Waals surface area contributed by atoms with Crippen molar-refractivity contribution in [3.05, 3.63) is 84.4 Å². The van der Waals surface area contributed by atoms with Crippen LogP contribution in [0.5, 0.6) is 11.5 Å². The van der Waals surface area contributed by atoms with E-state index in [0.29, 0.717) is 28.4 Å². The SMILES string of the molecule is COc1ccccc1NC(=O)c1ccc(NC(=O)[C@@H](C)Oc2ccccc2)cc1. The highest BCUT2D eigenvalue weighted by molar-refractivity contribution is 6.05. The molecule has 0 aliphatic carbocycles. The first-order valence-corrected chi connectivity index (χ1v) is 9.14. The monoisotopic (exact) mass is 390 g/mol. The van der Waals surface area contributed by atoms with E-state index < -0.39 is 6.10 Å². The summed E-state index contributed by atoms with van der Waals surface area (Å²) in [5.41, 5.74) is 1.62. The highest BCUT2D eigenvalue weighted by atomic mass is 16.5. The molecule has 29 heavy (non-hydrogen) atoms. The fraction of sp³-hybridized carbons (Fsp3) is 0.130. The van der Waals surface area contributed by atoms with E-state index in [1.807, 2.05) is 30.3 Å². The van der Waals surface area contributed by atoms with Gasteiger partial charge in [-0.3, -0.25) is 9.59 Å². The van der Waals surface area contributed by atoms with Gasteiger partial charge in [0.15, 0.2) is 6.10 Å². The maximum atomic E-state index is 12.5. The van der Waals surface area contributed by atoms with E-state index in [9.17, 15) is 9.59 Å². The van der Waals surface area contributed by atoms with E-state index in [1.54, 1.807) is 62.6 Å². The molecule has 3 aromatic carbocycles. The minimum absolute atomic E-state index is 0.270. The Morgan fingerprint density at radius 2 is 1.48 bits per heavy atom. The molecule has 6 nitrogen and oxygen atoms in total. The van der Waals surface area contributed by atoms with Gasteiger partial charge in [0.1, 0.15) is 11.5 Å². The van der Waals surface area contributed by atoms with Gasteiger partial charge in [-0.05, 0) is 55.5 Å². The molecule has 6 heteroatoms. The average molecular weight is 390 g/mol. The van der Waals surface area contributed by atoms with Crippen LogP contribution in [0.4, 0.5) is 11.4 Å². The number of hydrogen-bond donors (Lipinski definition) is 2. The van der Waals surface area contributed by atoms with E-state index >= 15 is 0 Å². The predicted octanol–water partition coefficient (Wildman–Crippen LogP) is 4.35. The van der Waals surface area contributed by atoms with Crippen molar-refractivity contribution in [3.8, 4) is 11.5 Å². The molecule has 0 saturated heterocycles. The van der Waals surface area contributed by atoms with Crippen molar-refractivity contribution in [1.82, 2.24) is 0 Å². The summed E-state index contributed by atoms with van der Waals surface area (Å²) in [6, 6.07) is 22.9. The minimum atomic E-state index is -0.661. The largest absolute Gasteiger partial charge is 0.495 e. The second kappa shape index (κ2) is 9.41. The van der Waals surface area contributed by atoms with Gasteiger partial charge >= 0.3 is 0 Å². The lowest BCUT2D eigenvalue weighted by Crippen LogP contribution is -2.30. The van der Waals surface area contributed by atoms with E-state index in [2.05, 4.69) is 10.6 Å². The van der Waals surface area contributed by atoms with Crippen LogP contribution in [-0.4, -0.2) is 25.0 Å². The van der Waals surface area contributed by atoms with Gasteiger partial charge in [-0.15, -0.1) is 0 Å². The Balaban J connectivity index is 1.59. The summed E-state index contributed by atoms with van der Waals surface area (Å²) in [5, 5.41) is 5.59. The molecule has 148 valence electrons. The lowest BCUT2D eigenvalue weighted by atomic mass is 10.2. The molecule has 0 aromatic heterocycles. The first kappa shape index (κ1) is 19.9. The topological polar surface area (TPSA) is 76.7 Å². The summed E-state index contributed by atoms with van der Waals surface area (Å²) < 4.78 is 10.8. The number of nitrogens with one attached hydrogen (secondary N) is 2. The van der Waals surface area contributed by atoms with Gasteiger partial charge < -0.3 is 20.1 Å². The van der Waals surface area contributed by atoms with Crippen molar-refractivity contribution in [3.63, 3.8) is 0 Å². The van der Waals surface area contributed by atoms with Gasteiger partial charge in [0.05, 0.1) is 12.8 Å². The molecule has 2 amide bonds. The van der Waals surface area contributed by atoms with Crippen LogP contribution in [0.3, 0.4) is 0 Å².